The molecule has 0 radical (unpaired) electrons. The summed E-state index contributed by atoms with van der Waals surface area (Å²) in [5, 5.41) is 0. The molecule has 0 rings (SSSR count). The Hall–Kier alpha value is -0.610. The molecule has 0 aromatic rings. The molecule has 0 aromatic carbocycles. The molecular formula is C25H50O4. The van der Waals surface area contributed by atoms with E-state index in [9.17, 15) is 4.79 Å². The second-order valence-corrected chi connectivity index (χ2v) is 11.7. The maximum atomic E-state index is 13.1. The minimum Gasteiger partial charge on any atom is -0.458 e. The SMILES string of the molecule is CCC(C)OCC(C)(C)CC(C)(C)OC(=O)C(C)(CC)OCC(C)(C)CC(C)C. The van der Waals surface area contributed by atoms with Crippen molar-refractivity contribution in [2.75, 3.05) is 13.2 Å². The molecule has 0 N–H and O–H groups in total. The molecule has 0 saturated heterocycles. The lowest BCUT2D eigenvalue weighted by molar-refractivity contribution is -0.190. The Balaban J connectivity index is 4.99. The number of carbonyl (C=O) groups excluding carboxylic acids is 1. The Kier molecular flexibility index (Phi) is 10.9. The topological polar surface area (TPSA) is 44.8 Å². The smallest absolute Gasteiger partial charge is 0.338 e. The molecule has 0 spiro atoms. The minimum atomic E-state index is -0.928. The van der Waals surface area contributed by atoms with Crippen molar-refractivity contribution in [2.45, 2.75) is 126 Å². The third-order valence-electron chi connectivity index (χ3n) is 5.46. The Morgan fingerprint density at radius 3 is 1.86 bits per heavy atom. The number of esters is 1. The zero-order valence-corrected chi connectivity index (χ0v) is 21.5. The second kappa shape index (κ2) is 11.1. The molecule has 174 valence electrons. The maximum Gasteiger partial charge on any atom is 0.338 e. The van der Waals surface area contributed by atoms with Crippen LogP contribution in [0.4, 0.5) is 0 Å². The van der Waals surface area contributed by atoms with Crippen LogP contribution in [0, 0.1) is 16.7 Å². The van der Waals surface area contributed by atoms with E-state index in [0.29, 0.717) is 25.6 Å². The fourth-order valence-electron chi connectivity index (χ4n) is 3.91. The van der Waals surface area contributed by atoms with Crippen LogP contribution in [0.3, 0.4) is 0 Å². The van der Waals surface area contributed by atoms with Crippen LogP contribution in [0.15, 0.2) is 0 Å². The molecular weight excluding hydrogens is 364 g/mol. The summed E-state index contributed by atoms with van der Waals surface area (Å²) in [6.07, 6.45) is 3.60. The van der Waals surface area contributed by atoms with Crippen molar-refractivity contribution in [3.05, 3.63) is 0 Å². The highest BCUT2D eigenvalue weighted by molar-refractivity contribution is 5.79. The fraction of sp³-hybridized carbons (Fsp3) is 0.960. The summed E-state index contributed by atoms with van der Waals surface area (Å²) in [5.41, 5.74) is -1.58. The Morgan fingerprint density at radius 2 is 1.41 bits per heavy atom. The van der Waals surface area contributed by atoms with Gasteiger partial charge < -0.3 is 14.2 Å². The lowest BCUT2D eigenvalue weighted by Gasteiger charge is -2.38. The first kappa shape index (κ1) is 28.4. The molecule has 4 heteroatoms. The summed E-state index contributed by atoms with van der Waals surface area (Å²) in [4.78, 5) is 13.1. The molecule has 2 atom stereocenters. The van der Waals surface area contributed by atoms with E-state index in [-0.39, 0.29) is 22.9 Å². The predicted octanol–water partition coefficient (Wildman–Crippen LogP) is 6.80. The Labute approximate surface area is 181 Å². The van der Waals surface area contributed by atoms with Gasteiger partial charge in [0.1, 0.15) is 5.60 Å². The van der Waals surface area contributed by atoms with Gasteiger partial charge >= 0.3 is 5.97 Å². The number of hydrogen-bond donors (Lipinski definition) is 0. The summed E-state index contributed by atoms with van der Waals surface area (Å²) in [6, 6.07) is 0. The van der Waals surface area contributed by atoms with E-state index < -0.39 is 11.2 Å². The third-order valence-corrected chi connectivity index (χ3v) is 5.46. The van der Waals surface area contributed by atoms with Gasteiger partial charge in [-0.3, -0.25) is 0 Å². The van der Waals surface area contributed by atoms with Gasteiger partial charge in [0.15, 0.2) is 5.60 Å². The molecule has 0 aliphatic heterocycles. The molecule has 0 heterocycles. The van der Waals surface area contributed by atoms with Crippen molar-refractivity contribution >= 4 is 5.97 Å². The van der Waals surface area contributed by atoms with E-state index in [1.165, 1.54) is 0 Å². The molecule has 2 unspecified atom stereocenters. The van der Waals surface area contributed by atoms with Crippen LogP contribution in [0.5, 0.6) is 0 Å². The molecule has 0 saturated carbocycles. The summed E-state index contributed by atoms with van der Waals surface area (Å²) >= 11 is 0. The molecule has 29 heavy (non-hydrogen) atoms. The van der Waals surface area contributed by atoms with Gasteiger partial charge in [0, 0.05) is 0 Å². The normalized spacial score (nSPS) is 16.6. The summed E-state index contributed by atoms with van der Waals surface area (Å²) < 4.78 is 18.1. The second-order valence-electron chi connectivity index (χ2n) is 11.7. The van der Waals surface area contributed by atoms with Crippen molar-refractivity contribution in [2.24, 2.45) is 16.7 Å². The number of ether oxygens (including phenoxy) is 3. The van der Waals surface area contributed by atoms with Crippen LogP contribution in [0.25, 0.3) is 0 Å². The van der Waals surface area contributed by atoms with Crippen LogP contribution < -0.4 is 0 Å². The van der Waals surface area contributed by atoms with Gasteiger partial charge in [0.2, 0.25) is 0 Å². The van der Waals surface area contributed by atoms with Gasteiger partial charge in [-0.25, -0.2) is 4.79 Å². The van der Waals surface area contributed by atoms with Crippen LogP contribution >= 0.6 is 0 Å². The first-order valence-electron chi connectivity index (χ1n) is 11.5. The highest BCUT2D eigenvalue weighted by Crippen LogP contribution is 2.34. The highest BCUT2D eigenvalue weighted by Gasteiger charge is 2.41. The fourth-order valence-corrected chi connectivity index (χ4v) is 3.91. The Morgan fingerprint density at radius 1 is 0.862 bits per heavy atom. The van der Waals surface area contributed by atoms with Crippen LogP contribution in [0.2, 0.25) is 0 Å². The third kappa shape index (κ3) is 11.4. The summed E-state index contributed by atoms with van der Waals surface area (Å²) in [7, 11) is 0. The molecule has 0 aliphatic carbocycles. The van der Waals surface area contributed by atoms with E-state index in [2.05, 4.69) is 55.4 Å². The first-order chi connectivity index (χ1) is 13.0. The summed E-state index contributed by atoms with van der Waals surface area (Å²) in [6.45, 7) is 26.3. The van der Waals surface area contributed by atoms with Crippen molar-refractivity contribution in [1.82, 2.24) is 0 Å². The van der Waals surface area contributed by atoms with Gasteiger partial charge in [-0.1, -0.05) is 55.4 Å². The van der Waals surface area contributed by atoms with Gasteiger partial charge in [0.05, 0.1) is 19.3 Å². The number of hydrogen-bond acceptors (Lipinski definition) is 4. The van der Waals surface area contributed by atoms with E-state index >= 15 is 0 Å². The zero-order valence-electron chi connectivity index (χ0n) is 21.5. The quantitative estimate of drug-likeness (QED) is 0.293. The number of rotatable bonds is 14. The molecule has 0 fully saturated rings. The molecule has 0 aromatic heterocycles. The van der Waals surface area contributed by atoms with Crippen LogP contribution in [-0.2, 0) is 19.0 Å². The first-order valence-corrected chi connectivity index (χ1v) is 11.5. The molecule has 0 aliphatic rings. The maximum absolute atomic E-state index is 13.1. The highest BCUT2D eigenvalue weighted by atomic mass is 16.6. The average Bonchev–Trinajstić information content (AvgIpc) is 2.55. The van der Waals surface area contributed by atoms with Crippen molar-refractivity contribution in [1.29, 1.82) is 0 Å². The predicted molar refractivity (Wildman–Crippen MR) is 122 cm³/mol. The Bertz CT molecular complexity index is 493. The average molecular weight is 415 g/mol. The standard InChI is InChI=1S/C25H50O4/c1-13-20(5)27-17-23(8,9)16-24(10,11)29-21(26)25(12,14-2)28-18-22(6,7)15-19(3)4/h19-20H,13-18H2,1-12H3. The van der Waals surface area contributed by atoms with E-state index in [4.69, 9.17) is 14.2 Å². The van der Waals surface area contributed by atoms with E-state index in [1.807, 2.05) is 27.7 Å². The zero-order chi connectivity index (χ0) is 23.1. The van der Waals surface area contributed by atoms with E-state index in [0.717, 1.165) is 19.3 Å². The lowest BCUT2D eigenvalue weighted by Crippen LogP contribution is -2.46. The van der Waals surface area contributed by atoms with Gasteiger partial charge in [-0.15, -0.1) is 0 Å². The van der Waals surface area contributed by atoms with Crippen molar-refractivity contribution < 1.29 is 19.0 Å². The number of carbonyl (C=O) groups is 1. The molecule has 0 bridgehead atoms. The van der Waals surface area contributed by atoms with Gasteiger partial charge in [-0.05, 0) is 70.1 Å². The van der Waals surface area contributed by atoms with Gasteiger partial charge in [-0.2, -0.15) is 0 Å². The van der Waals surface area contributed by atoms with Gasteiger partial charge in [0.25, 0.3) is 0 Å². The van der Waals surface area contributed by atoms with Crippen molar-refractivity contribution in [3.8, 4) is 0 Å². The van der Waals surface area contributed by atoms with Crippen LogP contribution in [-0.4, -0.2) is 36.5 Å². The minimum absolute atomic E-state index is 0.0235. The lowest BCUT2D eigenvalue weighted by atomic mass is 9.82. The molecule has 0 amide bonds. The summed E-state index contributed by atoms with van der Waals surface area (Å²) in [5.74, 6) is 0.316. The van der Waals surface area contributed by atoms with Crippen molar-refractivity contribution in [3.63, 3.8) is 0 Å². The van der Waals surface area contributed by atoms with Crippen LogP contribution in [0.1, 0.15) is 109 Å². The monoisotopic (exact) mass is 414 g/mol. The van der Waals surface area contributed by atoms with E-state index in [1.54, 1.807) is 0 Å². The largest absolute Gasteiger partial charge is 0.458 e. The molecule has 4 nitrogen and oxygen atoms in total.